The normalized spacial score (nSPS) is 10.5. The van der Waals surface area contributed by atoms with Crippen molar-refractivity contribution in [1.82, 2.24) is 5.43 Å². The number of hydrogen-bond donors (Lipinski definition) is 2. The third kappa shape index (κ3) is 5.79. The predicted molar refractivity (Wildman–Crippen MR) is 106 cm³/mol. The molecule has 0 aliphatic heterocycles. The Kier molecular flexibility index (Phi) is 6.32. The van der Waals surface area contributed by atoms with Crippen molar-refractivity contribution in [3.05, 3.63) is 82.6 Å². The summed E-state index contributed by atoms with van der Waals surface area (Å²) < 4.78 is 5.68. The first-order chi connectivity index (χ1) is 13.2. The fourth-order valence-electron chi connectivity index (χ4n) is 2.13. The first-order valence-corrected chi connectivity index (χ1v) is 9.03. The summed E-state index contributed by atoms with van der Waals surface area (Å²) in [5.41, 5.74) is 3.75. The predicted octanol–water partition coefficient (Wildman–Crippen LogP) is 3.42. The molecule has 0 bridgehead atoms. The van der Waals surface area contributed by atoms with Crippen LogP contribution >= 0.6 is 11.3 Å². The molecule has 2 amide bonds. The standard InChI is InChI=1S/C20H17N3O3S/c24-19(20(25)23-21-13-18-7-4-12-27-18)22-16-8-10-17(11-9-16)26-14-15-5-2-1-3-6-15/h1-13H,14H2,(H,22,24)(H,23,25)/b21-13-. The lowest BCUT2D eigenvalue weighted by Crippen LogP contribution is -2.32. The summed E-state index contributed by atoms with van der Waals surface area (Å²) in [7, 11) is 0. The third-order valence-electron chi connectivity index (χ3n) is 3.47. The van der Waals surface area contributed by atoms with E-state index in [1.165, 1.54) is 17.6 Å². The quantitative estimate of drug-likeness (QED) is 0.391. The SMILES string of the molecule is O=C(N/N=C\c1cccs1)C(=O)Nc1ccc(OCc2ccccc2)cc1. The zero-order valence-electron chi connectivity index (χ0n) is 14.3. The lowest BCUT2D eigenvalue weighted by atomic mass is 10.2. The second-order valence-corrected chi connectivity index (χ2v) is 6.45. The van der Waals surface area contributed by atoms with Gasteiger partial charge in [0, 0.05) is 10.6 Å². The summed E-state index contributed by atoms with van der Waals surface area (Å²) in [4.78, 5) is 24.5. The van der Waals surface area contributed by atoms with Gasteiger partial charge in [-0.3, -0.25) is 9.59 Å². The zero-order chi connectivity index (χ0) is 18.9. The van der Waals surface area contributed by atoms with Crippen LogP contribution in [0.3, 0.4) is 0 Å². The van der Waals surface area contributed by atoms with Crippen LogP contribution in [-0.4, -0.2) is 18.0 Å². The number of nitrogens with zero attached hydrogens (tertiary/aromatic N) is 1. The maximum absolute atomic E-state index is 11.9. The van der Waals surface area contributed by atoms with Crippen LogP contribution in [0.25, 0.3) is 0 Å². The molecule has 0 atom stereocenters. The van der Waals surface area contributed by atoms with Crippen molar-refractivity contribution in [3.63, 3.8) is 0 Å². The summed E-state index contributed by atoms with van der Waals surface area (Å²) >= 11 is 1.48. The molecule has 2 aromatic carbocycles. The van der Waals surface area contributed by atoms with Gasteiger partial charge in [0.25, 0.3) is 0 Å². The van der Waals surface area contributed by atoms with E-state index in [1.807, 2.05) is 47.8 Å². The highest BCUT2D eigenvalue weighted by atomic mass is 32.1. The van der Waals surface area contributed by atoms with E-state index in [2.05, 4.69) is 15.8 Å². The van der Waals surface area contributed by atoms with Crippen molar-refractivity contribution in [2.45, 2.75) is 6.61 Å². The maximum atomic E-state index is 11.9. The van der Waals surface area contributed by atoms with Crippen LogP contribution in [0.4, 0.5) is 5.69 Å². The molecule has 0 aliphatic rings. The number of benzene rings is 2. The molecular formula is C20H17N3O3S. The minimum absolute atomic E-state index is 0.456. The molecule has 0 saturated heterocycles. The Morgan fingerprint density at radius 3 is 2.44 bits per heavy atom. The molecule has 0 spiro atoms. The van der Waals surface area contributed by atoms with Crippen molar-refractivity contribution in [3.8, 4) is 5.75 Å². The molecule has 7 heteroatoms. The van der Waals surface area contributed by atoms with Crippen LogP contribution in [0.5, 0.6) is 5.75 Å². The number of anilines is 1. The van der Waals surface area contributed by atoms with Crippen LogP contribution in [0.15, 0.2) is 77.2 Å². The fraction of sp³-hybridized carbons (Fsp3) is 0.0500. The molecule has 6 nitrogen and oxygen atoms in total. The fourth-order valence-corrected chi connectivity index (χ4v) is 2.72. The number of thiophene rings is 1. The van der Waals surface area contributed by atoms with E-state index in [4.69, 9.17) is 4.74 Å². The Labute approximate surface area is 160 Å². The first kappa shape index (κ1) is 18.3. The van der Waals surface area contributed by atoms with Crippen LogP contribution in [0.1, 0.15) is 10.4 Å². The smallest absolute Gasteiger partial charge is 0.329 e. The molecular weight excluding hydrogens is 362 g/mol. The van der Waals surface area contributed by atoms with Gasteiger partial charge in [0.15, 0.2) is 0 Å². The summed E-state index contributed by atoms with van der Waals surface area (Å²) in [5, 5.41) is 8.15. The van der Waals surface area contributed by atoms with E-state index in [-0.39, 0.29) is 0 Å². The minimum Gasteiger partial charge on any atom is -0.489 e. The summed E-state index contributed by atoms with van der Waals surface area (Å²) in [5.74, 6) is -0.967. The second kappa shape index (κ2) is 9.30. The molecule has 0 radical (unpaired) electrons. The van der Waals surface area contributed by atoms with Gasteiger partial charge in [-0.15, -0.1) is 11.3 Å². The molecule has 0 unspecified atom stereocenters. The Hall–Kier alpha value is -3.45. The number of hydrogen-bond acceptors (Lipinski definition) is 5. The van der Waals surface area contributed by atoms with Crippen LogP contribution < -0.4 is 15.5 Å². The lowest BCUT2D eigenvalue weighted by Gasteiger charge is -2.08. The monoisotopic (exact) mass is 379 g/mol. The molecule has 0 fully saturated rings. The molecule has 136 valence electrons. The minimum atomic E-state index is -0.841. The van der Waals surface area contributed by atoms with Gasteiger partial charge >= 0.3 is 11.8 Å². The van der Waals surface area contributed by atoms with Crippen molar-refractivity contribution in [1.29, 1.82) is 0 Å². The van der Waals surface area contributed by atoms with Crippen LogP contribution in [0, 0.1) is 0 Å². The molecule has 3 rings (SSSR count). The molecule has 1 heterocycles. The van der Waals surface area contributed by atoms with E-state index in [9.17, 15) is 9.59 Å². The third-order valence-corrected chi connectivity index (χ3v) is 4.27. The average Bonchev–Trinajstić information content (AvgIpc) is 3.21. The van der Waals surface area contributed by atoms with Crippen LogP contribution in [0.2, 0.25) is 0 Å². The van der Waals surface area contributed by atoms with Gasteiger partial charge in [0.05, 0.1) is 6.21 Å². The van der Waals surface area contributed by atoms with E-state index >= 15 is 0 Å². The molecule has 2 N–H and O–H groups in total. The molecule has 0 aliphatic carbocycles. The van der Waals surface area contributed by atoms with Crippen LogP contribution in [-0.2, 0) is 16.2 Å². The molecule has 27 heavy (non-hydrogen) atoms. The maximum Gasteiger partial charge on any atom is 0.329 e. The Bertz CT molecular complexity index is 907. The highest BCUT2D eigenvalue weighted by Gasteiger charge is 2.12. The lowest BCUT2D eigenvalue weighted by molar-refractivity contribution is -0.136. The van der Waals surface area contributed by atoms with E-state index in [1.54, 1.807) is 24.3 Å². The molecule has 3 aromatic rings. The summed E-state index contributed by atoms with van der Waals surface area (Å²) in [6, 6.07) is 20.3. The van der Waals surface area contributed by atoms with Gasteiger partial charge in [-0.1, -0.05) is 36.4 Å². The van der Waals surface area contributed by atoms with Gasteiger partial charge in [-0.25, -0.2) is 5.43 Å². The first-order valence-electron chi connectivity index (χ1n) is 8.15. The number of rotatable bonds is 6. The van der Waals surface area contributed by atoms with Crippen molar-refractivity contribution in [2.24, 2.45) is 5.10 Å². The highest BCUT2D eigenvalue weighted by Crippen LogP contribution is 2.17. The second-order valence-electron chi connectivity index (χ2n) is 5.47. The number of carbonyl (C=O) groups excluding carboxylic acids is 2. The number of ether oxygens (including phenoxy) is 1. The van der Waals surface area contributed by atoms with Gasteiger partial charge in [0.1, 0.15) is 12.4 Å². The van der Waals surface area contributed by atoms with E-state index < -0.39 is 11.8 Å². The van der Waals surface area contributed by atoms with E-state index in [0.29, 0.717) is 18.0 Å². The number of carbonyl (C=O) groups is 2. The topological polar surface area (TPSA) is 79.8 Å². The molecule has 0 saturated carbocycles. The molecule has 1 aromatic heterocycles. The summed E-state index contributed by atoms with van der Waals surface area (Å²) in [6.07, 6.45) is 1.48. The summed E-state index contributed by atoms with van der Waals surface area (Å²) in [6.45, 7) is 0.456. The van der Waals surface area contributed by atoms with Crippen molar-refractivity contribution < 1.29 is 14.3 Å². The van der Waals surface area contributed by atoms with Crippen molar-refractivity contribution >= 4 is 35.1 Å². The largest absolute Gasteiger partial charge is 0.489 e. The Morgan fingerprint density at radius 1 is 0.963 bits per heavy atom. The number of hydrazone groups is 1. The van der Waals surface area contributed by atoms with E-state index in [0.717, 1.165) is 10.4 Å². The highest BCUT2D eigenvalue weighted by molar-refractivity contribution is 7.11. The van der Waals surface area contributed by atoms with Gasteiger partial charge in [-0.2, -0.15) is 5.10 Å². The number of nitrogens with one attached hydrogen (secondary N) is 2. The van der Waals surface area contributed by atoms with Crippen molar-refractivity contribution in [2.75, 3.05) is 5.32 Å². The Balaban J connectivity index is 1.47. The van der Waals surface area contributed by atoms with Gasteiger partial charge in [-0.05, 0) is 41.3 Å². The number of amides is 2. The Morgan fingerprint density at radius 2 is 1.74 bits per heavy atom. The zero-order valence-corrected chi connectivity index (χ0v) is 15.1. The average molecular weight is 379 g/mol. The van der Waals surface area contributed by atoms with Gasteiger partial charge < -0.3 is 10.1 Å². The van der Waals surface area contributed by atoms with Gasteiger partial charge in [0.2, 0.25) is 0 Å².